The number of piperazine rings is 1. The highest BCUT2D eigenvalue weighted by atomic mass is 79.9. The molecule has 0 aromatic heterocycles. The second-order valence-electron chi connectivity index (χ2n) is 7.05. The molecule has 0 radical (unpaired) electrons. The minimum absolute atomic E-state index is 0.333. The Morgan fingerprint density at radius 1 is 1.29 bits per heavy atom. The minimum Gasteiger partial charge on any atom is -0.308 e. The summed E-state index contributed by atoms with van der Waals surface area (Å²) in [5.74, 6) is 0.896. The summed E-state index contributed by atoms with van der Waals surface area (Å²) in [4.78, 5) is 2.72. The normalized spacial score (nSPS) is 30.5. The molecule has 21 heavy (non-hydrogen) atoms. The van der Waals surface area contributed by atoms with E-state index in [4.69, 9.17) is 0 Å². The lowest BCUT2D eigenvalue weighted by Gasteiger charge is -2.47. The van der Waals surface area contributed by atoms with Crippen LogP contribution < -0.4 is 5.32 Å². The maximum atomic E-state index is 3.87. The third kappa shape index (κ3) is 3.69. The van der Waals surface area contributed by atoms with Crippen molar-refractivity contribution < 1.29 is 0 Å². The summed E-state index contributed by atoms with van der Waals surface area (Å²) < 4.78 is 1.17. The molecule has 1 heterocycles. The second kappa shape index (κ2) is 6.39. The van der Waals surface area contributed by atoms with Crippen LogP contribution in [0.3, 0.4) is 0 Å². The molecule has 0 spiro atoms. The van der Waals surface area contributed by atoms with Gasteiger partial charge in [-0.1, -0.05) is 41.4 Å². The van der Waals surface area contributed by atoms with Gasteiger partial charge in [-0.25, -0.2) is 0 Å². The van der Waals surface area contributed by atoms with E-state index in [9.17, 15) is 0 Å². The van der Waals surface area contributed by atoms with Gasteiger partial charge in [0.2, 0.25) is 0 Å². The molecule has 0 amide bonds. The number of hydrogen-bond donors (Lipinski definition) is 1. The van der Waals surface area contributed by atoms with E-state index in [1.807, 2.05) is 0 Å². The first kappa shape index (κ1) is 15.5. The third-order valence-corrected chi connectivity index (χ3v) is 5.72. The molecule has 2 unspecified atom stereocenters. The number of halogens is 1. The van der Waals surface area contributed by atoms with Crippen LogP contribution in [0.4, 0.5) is 0 Å². The van der Waals surface area contributed by atoms with E-state index in [2.05, 4.69) is 64.3 Å². The summed E-state index contributed by atoms with van der Waals surface area (Å²) in [7, 11) is 0. The molecule has 1 N–H and O–H groups in total. The molecule has 1 aliphatic heterocycles. The lowest BCUT2D eigenvalue weighted by atomic mass is 9.89. The molecule has 1 aliphatic carbocycles. The molecule has 116 valence electrons. The quantitative estimate of drug-likeness (QED) is 0.856. The fourth-order valence-corrected chi connectivity index (χ4v) is 3.97. The first-order chi connectivity index (χ1) is 10.1. The van der Waals surface area contributed by atoms with Gasteiger partial charge in [-0.3, -0.25) is 4.90 Å². The SMILES string of the molecule is CCCC1CNC(C)(C2CC2)CN1Cc1ccc(Br)cc1. The average Bonchev–Trinajstić information content (AvgIpc) is 3.30. The summed E-state index contributed by atoms with van der Waals surface area (Å²) in [6.07, 6.45) is 5.38. The zero-order valence-electron chi connectivity index (χ0n) is 13.2. The molecule has 1 aromatic rings. The van der Waals surface area contributed by atoms with E-state index in [1.54, 1.807) is 0 Å². The Kier molecular flexibility index (Phi) is 4.72. The fraction of sp³-hybridized carbons (Fsp3) is 0.667. The maximum absolute atomic E-state index is 3.87. The van der Waals surface area contributed by atoms with Crippen molar-refractivity contribution in [1.82, 2.24) is 10.2 Å². The zero-order valence-corrected chi connectivity index (χ0v) is 14.8. The molecule has 2 nitrogen and oxygen atoms in total. The molecular formula is C18H27BrN2. The standard InChI is InChI=1S/C18H27BrN2/c1-3-4-17-11-20-18(2,15-7-8-15)13-21(17)12-14-5-9-16(19)10-6-14/h5-6,9-10,15,17,20H,3-4,7-8,11-13H2,1-2H3. The van der Waals surface area contributed by atoms with Crippen LogP contribution in [0, 0.1) is 5.92 Å². The van der Waals surface area contributed by atoms with Crippen molar-refractivity contribution in [2.24, 2.45) is 5.92 Å². The molecule has 3 heteroatoms. The van der Waals surface area contributed by atoms with Crippen molar-refractivity contribution >= 4 is 15.9 Å². The van der Waals surface area contributed by atoms with Crippen molar-refractivity contribution in [3.63, 3.8) is 0 Å². The van der Waals surface area contributed by atoms with Crippen molar-refractivity contribution in [3.8, 4) is 0 Å². The predicted molar refractivity (Wildman–Crippen MR) is 92.4 cm³/mol. The minimum atomic E-state index is 0.333. The topological polar surface area (TPSA) is 15.3 Å². The van der Waals surface area contributed by atoms with Crippen LogP contribution in [-0.4, -0.2) is 29.6 Å². The van der Waals surface area contributed by atoms with E-state index in [-0.39, 0.29) is 0 Å². The molecule has 2 atom stereocenters. The fourth-order valence-electron chi connectivity index (χ4n) is 3.71. The van der Waals surface area contributed by atoms with E-state index < -0.39 is 0 Å². The Bertz CT molecular complexity index is 469. The van der Waals surface area contributed by atoms with Gasteiger partial charge in [-0.2, -0.15) is 0 Å². The molecule has 1 aromatic carbocycles. The highest BCUT2D eigenvalue weighted by molar-refractivity contribution is 9.10. The van der Waals surface area contributed by atoms with Gasteiger partial charge < -0.3 is 5.32 Å². The van der Waals surface area contributed by atoms with Gasteiger partial charge >= 0.3 is 0 Å². The van der Waals surface area contributed by atoms with Gasteiger partial charge in [-0.15, -0.1) is 0 Å². The Morgan fingerprint density at radius 2 is 2.00 bits per heavy atom. The highest BCUT2D eigenvalue weighted by Crippen LogP contribution is 2.41. The van der Waals surface area contributed by atoms with E-state index >= 15 is 0 Å². The van der Waals surface area contributed by atoms with Crippen molar-refractivity contribution in [3.05, 3.63) is 34.3 Å². The third-order valence-electron chi connectivity index (χ3n) is 5.19. The number of hydrogen-bond acceptors (Lipinski definition) is 2. The first-order valence-electron chi connectivity index (χ1n) is 8.34. The van der Waals surface area contributed by atoms with Crippen LogP contribution in [0.1, 0.15) is 45.1 Å². The van der Waals surface area contributed by atoms with Crippen LogP contribution in [0.5, 0.6) is 0 Å². The summed E-state index contributed by atoms with van der Waals surface area (Å²) >= 11 is 3.53. The molecule has 3 rings (SSSR count). The van der Waals surface area contributed by atoms with Gasteiger partial charge in [0.25, 0.3) is 0 Å². The largest absolute Gasteiger partial charge is 0.308 e. The summed E-state index contributed by atoms with van der Waals surface area (Å²) in [5, 5.41) is 3.87. The predicted octanol–water partition coefficient (Wildman–Crippen LogP) is 4.19. The Labute approximate surface area is 137 Å². The van der Waals surface area contributed by atoms with Crippen LogP contribution >= 0.6 is 15.9 Å². The highest BCUT2D eigenvalue weighted by Gasteiger charge is 2.45. The summed E-state index contributed by atoms with van der Waals surface area (Å²) in [6, 6.07) is 9.51. The van der Waals surface area contributed by atoms with E-state index in [0.717, 1.165) is 19.0 Å². The Morgan fingerprint density at radius 3 is 2.62 bits per heavy atom. The Hall–Kier alpha value is -0.380. The van der Waals surface area contributed by atoms with Crippen LogP contribution in [0.2, 0.25) is 0 Å². The van der Waals surface area contributed by atoms with Crippen molar-refractivity contribution in [1.29, 1.82) is 0 Å². The first-order valence-corrected chi connectivity index (χ1v) is 9.13. The average molecular weight is 351 g/mol. The van der Waals surface area contributed by atoms with E-state index in [0.29, 0.717) is 11.6 Å². The van der Waals surface area contributed by atoms with Crippen molar-refractivity contribution in [2.45, 2.75) is 57.7 Å². The molecule has 1 saturated carbocycles. The lowest BCUT2D eigenvalue weighted by Crippen LogP contribution is -2.63. The molecule has 1 saturated heterocycles. The number of rotatable bonds is 5. The maximum Gasteiger partial charge on any atom is 0.0309 e. The summed E-state index contributed by atoms with van der Waals surface area (Å²) in [6.45, 7) is 8.16. The molecule has 0 bridgehead atoms. The lowest BCUT2D eigenvalue weighted by molar-refractivity contribution is 0.0638. The second-order valence-corrected chi connectivity index (χ2v) is 7.96. The van der Waals surface area contributed by atoms with Crippen LogP contribution in [0.25, 0.3) is 0 Å². The van der Waals surface area contributed by atoms with Crippen molar-refractivity contribution in [2.75, 3.05) is 13.1 Å². The smallest absolute Gasteiger partial charge is 0.0309 e. The monoisotopic (exact) mass is 350 g/mol. The summed E-state index contributed by atoms with van der Waals surface area (Å²) in [5.41, 5.74) is 1.76. The zero-order chi connectivity index (χ0) is 14.9. The number of benzene rings is 1. The van der Waals surface area contributed by atoms with Gasteiger partial charge in [-0.05, 0) is 49.8 Å². The molecule has 2 aliphatic rings. The molecular weight excluding hydrogens is 324 g/mol. The number of nitrogens with one attached hydrogen (secondary N) is 1. The number of nitrogens with zero attached hydrogens (tertiary/aromatic N) is 1. The van der Waals surface area contributed by atoms with Gasteiger partial charge in [0.15, 0.2) is 0 Å². The van der Waals surface area contributed by atoms with Crippen LogP contribution in [-0.2, 0) is 6.54 Å². The Balaban J connectivity index is 1.71. The van der Waals surface area contributed by atoms with Gasteiger partial charge in [0.05, 0.1) is 0 Å². The van der Waals surface area contributed by atoms with Gasteiger partial charge in [0.1, 0.15) is 0 Å². The van der Waals surface area contributed by atoms with E-state index in [1.165, 1.54) is 42.3 Å². The van der Waals surface area contributed by atoms with Crippen LogP contribution in [0.15, 0.2) is 28.7 Å². The molecule has 2 fully saturated rings. The van der Waals surface area contributed by atoms with Gasteiger partial charge in [0, 0.05) is 35.7 Å².